The van der Waals surface area contributed by atoms with Crippen LogP contribution < -0.4 is 0 Å². The van der Waals surface area contributed by atoms with Crippen LogP contribution in [0.1, 0.15) is 32.8 Å². The third-order valence-electron chi connectivity index (χ3n) is 3.19. The number of aryl methyl sites for hydroxylation is 1. The van der Waals surface area contributed by atoms with Crippen LogP contribution in [0, 0.1) is 5.92 Å². The van der Waals surface area contributed by atoms with Crippen molar-refractivity contribution >= 4 is 0 Å². The molecule has 1 aromatic carbocycles. The summed E-state index contributed by atoms with van der Waals surface area (Å²) in [6.45, 7) is 7.94. The standard InChI is InChI=1S/C15H25NO/c1-12(2)11-16(4)13(3)5-6-14-7-9-15(17)10-8-14/h7-10,12-13,17H,5-6,11H2,1-4H3. The van der Waals surface area contributed by atoms with E-state index in [2.05, 4.69) is 32.7 Å². The molecule has 1 rings (SSSR count). The zero-order valence-electron chi connectivity index (χ0n) is 11.5. The Labute approximate surface area is 105 Å². The molecule has 0 amide bonds. The Kier molecular flexibility index (Phi) is 5.49. The minimum atomic E-state index is 0.346. The number of phenols is 1. The minimum Gasteiger partial charge on any atom is -0.508 e. The number of hydrogen-bond donors (Lipinski definition) is 1. The van der Waals surface area contributed by atoms with Crippen LogP contribution in [0.4, 0.5) is 0 Å². The van der Waals surface area contributed by atoms with Gasteiger partial charge in [-0.3, -0.25) is 0 Å². The maximum atomic E-state index is 9.21. The van der Waals surface area contributed by atoms with E-state index in [-0.39, 0.29) is 0 Å². The normalized spacial score (nSPS) is 13.3. The molecule has 0 aliphatic carbocycles. The van der Waals surface area contributed by atoms with Gasteiger partial charge >= 0.3 is 0 Å². The second-order valence-corrected chi connectivity index (χ2v) is 5.39. The summed E-state index contributed by atoms with van der Waals surface area (Å²) in [4.78, 5) is 2.42. The van der Waals surface area contributed by atoms with Gasteiger partial charge in [-0.1, -0.05) is 26.0 Å². The quantitative estimate of drug-likeness (QED) is 0.817. The van der Waals surface area contributed by atoms with Gasteiger partial charge in [-0.25, -0.2) is 0 Å². The molecule has 0 bridgehead atoms. The molecule has 0 aliphatic heterocycles. The fourth-order valence-electron chi connectivity index (χ4n) is 2.01. The molecular formula is C15H25NO. The molecule has 2 heteroatoms. The molecule has 0 aliphatic rings. The van der Waals surface area contributed by atoms with E-state index >= 15 is 0 Å². The number of aromatic hydroxyl groups is 1. The van der Waals surface area contributed by atoms with E-state index in [9.17, 15) is 5.11 Å². The van der Waals surface area contributed by atoms with Crippen LogP contribution in [0.3, 0.4) is 0 Å². The topological polar surface area (TPSA) is 23.5 Å². The lowest BCUT2D eigenvalue weighted by molar-refractivity contribution is 0.221. The zero-order valence-corrected chi connectivity index (χ0v) is 11.5. The Hall–Kier alpha value is -1.02. The molecule has 0 saturated heterocycles. The van der Waals surface area contributed by atoms with E-state index in [0.717, 1.165) is 25.3 Å². The highest BCUT2D eigenvalue weighted by Crippen LogP contribution is 2.13. The van der Waals surface area contributed by atoms with Gasteiger partial charge in [0, 0.05) is 12.6 Å². The molecular weight excluding hydrogens is 210 g/mol. The molecule has 0 heterocycles. The van der Waals surface area contributed by atoms with Crippen LogP contribution in [-0.4, -0.2) is 29.6 Å². The van der Waals surface area contributed by atoms with Gasteiger partial charge in [0.25, 0.3) is 0 Å². The highest BCUT2D eigenvalue weighted by atomic mass is 16.3. The molecule has 0 fully saturated rings. The van der Waals surface area contributed by atoms with Gasteiger partial charge in [0.1, 0.15) is 5.75 Å². The molecule has 2 nitrogen and oxygen atoms in total. The van der Waals surface area contributed by atoms with Crippen LogP contribution >= 0.6 is 0 Å². The third kappa shape index (κ3) is 5.22. The Balaban J connectivity index is 2.37. The van der Waals surface area contributed by atoms with Crippen LogP contribution in [0.25, 0.3) is 0 Å². The zero-order chi connectivity index (χ0) is 12.8. The molecule has 0 saturated carbocycles. The summed E-state index contributed by atoms with van der Waals surface area (Å²) in [5.74, 6) is 1.06. The van der Waals surface area contributed by atoms with Gasteiger partial charge in [-0.05, 0) is 50.4 Å². The molecule has 1 N–H and O–H groups in total. The first-order chi connectivity index (χ1) is 7.99. The van der Waals surface area contributed by atoms with Gasteiger partial charge < -0.3 is 10.0 Å². The van der Waals surface area contributed by atoms with Crippen LogP contribution in [0.15, 0.2) is 24.3 Å². The maximum absolute atomic E-state index is 9.21. The van der Waals surface area contributed by atoms with Crippen molar-refractivity contribution in [2.75, 3.05) is 13.6 Å². The highest BCUT2D eigenvalue weighted by Gasteiger charge is 2.10. The third-order valence-corrected chi connectivity index (χ3v) is 3.19. The lowest BCUT2D eigenvalue weighted by Crippen LogP contribution is -2.32. The molecule has 96 valence electrons. The largest absolute Gasteiger partial charge is 0.508 e. The first-order valence-corrected chi connectivity index (χ1v) is 6.47. The van der Waals surface area contributed by atoms with E-state index < -0.39 is 0 Å². The number of rotatable bonds is 6. The predicted molar refractivity (Wildman–Crippen MR) is 73.4 cm³/mol. The first kappa shape index (κ1) is 14.0. The Morgan fingerprint density at radius 3 is 2.24 bits per heavy atom. The fraction of sp³-hybridized carbons (Fsp3) is 0.600. The fourth-order valence-corrected chi connectivity index (χ4v) is 2.01. The smallest absolute Gasteiger partial charge is 0.115 e. The average Bonchev–Trinajstić information content (AvgIpc) is 2.27. The van der Waals surface area contributed by atoms with Gasteiger partial charge in [0.05, 0.1) is 0 Å². The number of nitrogens with zero attached hydrogens (tertiary/aromatic N) is 1. The summed E-state index contributed by atoms with van der Waals surface area (Å²) in [6.07, 6.45) is 2.23. The van der Waals surface area contributed by atoms with Crippen molar-refractivity contribution in [3.63, 3.8) is 0 Å². The second-order valence-electron chi connectivity index (χ2n) is 5.39. The average molecular weight is 235 g/mol. The maximum Gasteiger partial charge on any atom is 0.115 e. The number of phenolic OH excluding ortho intramolecular Hbond substituents is 1. The SMILES string of the molecule is CC(C)CN(C)C(C)CCc1ccc(O)cc1. The second kappa shape index (κ2) is 6.65. The van der Waals surface area contributed by atoms with Gasteiger partial charge in [0.2, 0.25) is 0 Å². The van der Waals surface area contributed by atoms with Crippen molar-refractivity contribution in [3.8, 4) is 5.75 Å². The van der Waals surface area contributed by atoms with Crippen molar-refractivity contribution in [2.24, 2.45) is 5.92 Å². The number of benzene rings is 1. The Morgan fingerprint density at radius 2 is 1.71 bits per heavy atom. The van der Waals surface area contributed by atoms with E-state index in [1.54, 1.807) is 12.1 Å². The highest BCUT2D eigenvalue weighted by molar-refractivity contribution is 5.25. The first-order valence-electron chi connectivity index (χ1n) is 6.47. The summed E-state index contributed by atoms with van der Waals surface area (Å²) in [7, 11) is 2.20. The minimum absolute atomic E-state index is 0.346. The van der Waals surface area contributed by atoms with Gasteiger partial charge in [-0.2, -0.15) is 0 Å². The van der Waals surface area contributed by atoms with E-state index in [1.807, 2.05) is 12.1 Å². The van der Waals surface area contributed by atoms with Crippen LogP contribution in [-0.2, 0) is 6.42 Å². The van der Waals surface area contributed by atoms with Gasteiger partial charge in [-0.15, -0.1) is 0 Å². The van der Waals surface area contributed by atoms with Crippen molar-refractivity contribution < 1.29 is 5.11 Å². The van der Waals surface area contributed by atoms with Crippen molar-refractivity contribution in [1.29, 1.82) is 0 Å². The van der Waals surface area contributed by atoms with Gasteiger partial charge in [0.15, 0.2) is 0 Å². The van der Waals surface area contributed by atoms with Crippen molar-refractivity contribution in [1.82, 2.24) is 4.90 Å². The summed E-state index contributed by atoms with van der Waals surface area (Å²) in [5, 5.41) is 9.21. The van der Waals surface area contributed by atoms with E-state index in [1.165, 1.54) is 5.56 Å². The van der Waals surface area contributed by atoms with Crippen LogP contribution in [0.2, 0.25) is 0 Å². The van der Waals surface area contributed by atoms with Crippen LogP contribution in [0.5, 0.6) is 5.75 Å². The van der Waals surface area contributed by atoms with E-state index in [0.29, 0.717) is 11.8 Å². The lowest BCUT2D eigenvalue weighted by atomic mass is 10.0. The van der Waals surface area contributed by atoms with Crippen molar-refractivity contribution in [2.45, 2.75) is 39.7 Å². The molecule has 1 aromatic rings. The van der Waals surface area contributed by atoms with Crippen molar-refractivity contribution in [3.05, 3.63) is 29.8 Å². The summed E-state index contributed by atoms with van der Waals surface area (Å²) in [6, 6.07) is 8.14. The molecule has 1 unspecified atom stereocenters. The summed E-state index contributed by atoms with van der Waals surface area (Å²) in [5.41, 5.74) is 1.30. The molecule has 0 radical (unpaired) electrons. The summed E-state index contributed by atoms with van der Waals surface area (Å²) < 4.78 is 0. The molecule has 17 heavy (non-hydrogen) atoms. The Morgan fingerprint density at radius 1 is 1.12 bits per heavy atom. The molecule has 0 aromatic heterocycles. The lowest BCUT2D eigenvalue weighted by Gasteiger charge is -2.26. The van der Waals surface area contributed by atoms with E-state index in [4.69, 9.17) is 0 Å². The predicted octanol–water partition coefficient (Wildman–Crippen LogP) is 3.30. The Bertz CT molecular complexity index is 318. The molecule has 1 atom stereocenters. The monoisotopic (exact) mass is 235 g/mol. The number of hydrogen-bond acceptors (Lipinski definition) is 2. The summed E-state index contributed by atoms with van der Waals surface area (Å²) >= 11 is 0. The molecule has 0 spiro atoms.